The molecular formula is C30H32N4O3. The summed E-state index contributed by atoms with van der Waals surface area (Å²) in [6.07, 6.45) is 9.73. The number of esters is 1. The van der Waals surface area contributed by atoms with Crippen molar-refractivity contribution in [3.63, 3.8) is 0 Å². The molecule has 7 heteroatoms. The minimum Gasteiger partial charge on any atom is -0.469 e. The van der Waals surface area contributed by atoms with Gasteiger partial charge in [-0.25, -0.2) is 0 Å². The van der Waals surface area contributed by atoms with Crippen LogP contribution in [0.4, 0.5) is 0 Å². The van der Waals surface area contributed by atoms with E-state index in [1.165, 1.54) is 20.0 Å². The number of nitrogens with one attached hydrogen (secondary N) is 1. The monoisotopic (exact) mass is 496 g/mol. The van der Waals surface area contributed by atoms with Crippen LogP contribution in [0.3, 0.4) is 0 Å². The molecule has 190 valence electrons. The van der Waals surface area contributed by atoms with E-state index in [2.05, 4.69) is 36.2 Å². The molecule has 0 saturated heterocycles. The van der Waals surface area contributed by atoms with Crippen molar-refractivity contribution in [3.05, 3.63) is 59.0 Å². The van der Waals surface area contributed by atoms with Crippen molar-refractivity contribution in [2.24, 2.45) is 11.3 Å². The van der Waals surface area contributed by atoms with Gasteiger partial charge in [0.2, 0.25) is 0 Å². The molecule has 0 radical (unpaired) electrons. The Labute approximate surface area is 217 Å². The Morgan fingerprint density at radius 2 is 1.92 bits per heavy atom. The van der Waals surface area contributed by atoms with Crippen molar-refractivity contribution in [2.45, 2.75) is 70.4 Å². The van der Waals surface area contributed by atoms with Crippen molar-refractivity contribution < 1.29 is 14.3 Å². The first-order chi connectivity index (χ1) is 17.9. The Morgan fingerprint density at radius 1 is 1.14 bits per heavy atom. The average Bonchev–Trinajstić information content (AvgIpc) is 3.62. The lowest BCUT2D eigenvalue weighted by molar-refractivity contribution is -0.159. The summed E-state index contributed by atoms with van der Waals surface area (Å²) in [5, 5.41) is 8.83. The lowest BCUT2D eigenvalue weighted by atomic mass is 9.50. The first-order valence-corrected chi connectivity index (χ1v) is 13.2. The summed E-state index contributed by atoms with van der Waals surface area (Å²) in [7, 11) is 1.44. The average molecular weight is 497 g/mol. The zero-order chi connectivity index (χ0) is 25.7. The van der Waals surface area contributed by atoms with E-state index in [4.69, 9.17) is 14.8 Å². The topological polar surface area (TPSA) is 86.1 Å². The molecule has 2 aromatic heterocycles. The third-order valence-electron chi connectivity index (χ3n) is 8.50. The number of nitrogens with zero attached hydrogens (tertiary/aromatic N) is 3. The molecule has 1 spiro atoms. The van der Waals surface area contributed by atoms with E-state index in [9.17, 15) is 9.59 Å². The van der Waals surface area contributed by atoms with Crippen molar-refractivity contribution >= 4 is 22.8 Å². The standard InChI is InChI=1S/C30H32N4O3/c1-4-5-19-8-10-24(28(35)33-23-14-30(15-23)12-22(13-30)29(36)37-3)27-25(19)17-32-34(27)18(2)21-9-11-26(31-16-21)20-6-7-20/h8-11,16-18,20,22-23H,6-7,12-15H2,1-3H3,(H,33,35). The van der Waals surface area contributed by atoms with Crippen LogP contribution in [-0.2, 0) is 9.53 Å². The number of carbonyl (C=O) groups excluding carboxylic acids is 2. The summed E-state index contributed by atoms with van der Waals surface area (Å²) in [5.41, 5.74) is 4.65. The maximum atomic E-state index is 13.5. The lowest BCUT2D eigenvalue weighted by Crippen LogP contribution is -2.57. The highest BCUT2D eigenvalue weighted by Crippen LogP contribution is 2.59. The molecule has 1 amide bonds. The molecule has 3 aliphatic carbocycles. The van der Waals surface area contributed by atoms with Gasteiger partial charge in [0.15, 0.2) is 0 Å². The number of methoxy groups -OCH3 is 1. The minimum absolute atomic E-state index is 0.0113. The quantitative estimate of drug-likeness (QED) is 0.393. The summed E-state index contributed by atoms with van der Waals surface area (Å²) < 4.78 is 6.80. The summed E-state index contributed by atoms with van der Waals surface area (Å²) in [5.74, 6) is 6.54. The maximum absolute atomic E-state index is 13.5. The Balaban J connectivity index is 1.24. The Kier molecular flexibility index (Phi) is 5.78. The van der Waals surface area contributed by atoms with Crippen LogP contribution in [0.25, 0.3) is 10.9 Å². The van der Waals surface area contributed by atoms with Gasteiger partial charge in [0, 0.05) is 34.8 Å². The number of ether oxygens (including phenoxy) is 1. The summed E-state index contributed by atoms with van der Waals surface area (Å²) in [4.78, 5) is 30.0. The minimum atomic E-state index is -0.115. The van der Waals surface area contributed by atoms with Gasteiger partial charge in [-0.05, 0) is 81.5 Å². The molecule has 2 heterocycles. The molecule has 3 aliphatic rings. The largest absolute Gasteiger partial charge is 0.469 e. The molecular weight excluding hydrogens is 464 g/mol. The van der Waals surface area contributed by atoms with Crippen LogP contribution in [-0.4, -0.2) is 39.8 Å². The van der Waals surface area contributed by atoms with Crippen LogP contribution in [0.1, 0.15) is 91.5 Å². The van der Waals surface area contributed by atoms with Gasteiger partial charge in [-0.3, -0.25) is 19.3 Å². The Hall–Kier alpha value is -3.66. The number of carbonyl (C=O) groups is 2. The molecule has 1 aromatic carbocycles. The molecule has 6 rings (SSSR count). The highest BCUT2D eigenvalue weighted by atomic mass is 16.5. The van der Waals surface area contributed by atoms with Crippen LogP contribution < -0.4 is 5.32 Å². The number of fused-ring (bicyclic) bond motifs is 1. The number of amides is 1. The van der Waals surface area contributed by atoms with Gasteiger partial charge in [-0.2, -0.15) is 5.10 Å². The first-order valence-electron chi connectivity index (χ1n) is 13.2. The van der Waals surface area contributed by atoms with E-state index in [1.807, 2.05) is 36.1 Å². The number of rotatable bonds is 6. The Morgan fingerprint density at radius 3 is 2.57 bits per heavy atom. The Bertz CT molecular complexity index is 1430. The van der Waals surface area contributed by atoms with Gasteiger partial charge in [0.25, 0.3) is 5.91 Å². The van der Waals surface area contributed by atoms with E-state index < -0.39 is 0 Å². The van der Waals surface area contributed by atoms with Gasteiger partial charge in [0.1, 0.15) is 0 Å². The number of benzene rings is 1. The molecule has 7 nitrogen and oxygen atoms in total. The second-order valence-corrected chi connectivity index (χ2v) is 11.1. The molecule has 3 aromatic rings. The molecule has 1 unspecified atom stereocenters. The van der Waals surface area contributed by atoms with Crippen LogP contribution in [0.2, 0.25) is 0 Å². The van der Waals surface area contributed by atoms with Crippen LogP contribution in [0.15, 0.2) is 36.7 Å². The molecule has 1 atom stereocenters. The summed E-state index contributed by atoms with van der Waals surface area (Å²) in [6.45, 7) is 3.90. The predicted octanol–water partition coefficient (Wildman–Crippen LogP) is 4.75. The third-order valence-corrected chi connectivity index (χ3v) is 8.50. The SMILES string of the molecule is CC#Cc1ccc(C(=O)NC2CC3(C2)CC(C(=O)OC)C3)c2c1cnn2C(C)c1ccc(C2CC2)nc1. The van der Waals surface area contributed by atoms with Gasteiger partial charge < -0.3 is 10.1 Å². The lowest BCUT2D eigenvalue weighted by Gasteiger charge is -2.56. The zero-order valence-electron chi connectivity index (χ0n) is 21.6. The number of aromatic nitrogens is 3. The number of hydrogen-bond donors (Lipinski definition) is 1. The smallest absolute Gasteiger partial charge is 0.308 e. The van der Waals surface area contributed by atoms with E-state index in [0.717, 1.165) is 53.4 Å². The highest BCUT2D eigenvalue weighted by molar-refractivity contribution is 6.07. The van der Waals surface area contributed by atoms with Gasteiger partial charge in [0.05, 0.1) is 36.3 Å². The fraction of sp³-hybridized carbons (Fsp3) is 0.467. The fourth-order valence-corrected chi connectivity index (χ4v) is 6.31. The third kappa shape index (κ3) is 4.19. The molecule has 3 fully saturated rings. The van der Waals surface area contributed by atoms with Gasteiger partial charge in [-0.15, -0.1) is 5.92 Å². The highest BCUT2D eigenvalue weighted by Gasteiger charge is 2.55. The number of pyridine rings is 1. The van der Waals surface area contributed by atoms with E-state index in [0.29, 0.717) is 11.5 Å². The summed E-state index contributed by atoms with van der Waals surface area (Å²) in [6, 6.07) is 8.04. The second kappa shape index (κ2) is 9.02. The van der Waals surface area contributed by atoms with Crippen molar-refractivity contribution in [2.75, 3.05) is 7.11 Å². The second-order valence-electron chi connectivity index (χ2n) is 11.1. The van der Waals surface area contributed by atoms with E-state index in [1.54, 1.807) is 0 Å². The van der Waals surface area contributed by atoms with Crippen molar-refractivity contribution in [1.29, 1.82) is 0 Å². The molecule has 1 N–H and O–H groups in total. The van der Waals surface area contributed by atoms with E-state index in [-0.39, 0.29) is 35.3 Å². The normalized spacial score (nSPS) is 24.9. The molecule has 0 aliphatic heterocycles. The fourth-order valence-electron chi connectivity index (χ4n) is 6.31. The molecule has 0 bridgehead atoms. The van der Waals surface area contributed by atoms with Crippen LogP contribution in [0.5, 0.6) is 0 Å². The maximum Gasteiger partial charge on any atom is 0.308 e. The van der Waals surface area contributed by atoms with Gasteiger partial charge in [-0.1, -0.05) is 12.0 Å². The van der Waals surface area contributed by atoms with Crippen LogP contribution in [0, 0.1) is 23.2 Å². The number of hydrogen-bond acceptors (Lipinski definition) is 5. The van der Waals surface area contributed by atoms with Crippen molar-refractivity contribution in [1.82, 2.24) is 20.1 Å². The molecule has 37 heavy (non-hydrogen) atoms. The molecule has 3 saturated carbocycles. The van der Waals surface area contributed by atoms with Gasteiger partial charge >= 0.3 is 5.97 Å². The van der Waals surface area contributed by atoms with E-state index >= 15 is 0 Å². The summed E-state index contributed by atoms with van der Waals surface area (Å²) >= 11 is 0. The zero-order valence-corrected chi connectivity index (χ0v) is 21.6. The predicted molar refractivity (Wildman–Crippen MR) is 140 cm³/mol. The van der Waals surface area contributed by atoms with Crippen molar-refractivity contribution in [3.8, 4) is 11.8 Å². The van der Waals surface area contributed by atoms with Crippen LogP contribution >= 0.6 is 0 Å². The first kappa shape index (κ1) is 23.7.